The number of hydrogen-bond acceptors (Lipinski definition) is 5. The molecule has 134 valence electrons. The van der Waals surface area contributed by atoms with Crippen molar-refractivity contribution in [1.29, 1.82) is 0 Å². The molecule has 3 rings (SSSR count). The molecule has 6 nitrogen and oxygen atoms in total. The van der Waals surface area contributed by atoms with Gasteiger partial charge in [0.1, 0.15) is 0 Å². The number of nitrogens with zero attached hydrogens (tertiary/aromatic N) is 3. The molecule has 0 bridgehead atoms. The van der Waals surface area contributed by atoms with Gasteiger partial charge in [0.15, 0.2) is 5.82 Å². The first-order valence-electron chi connectivity index (χ1n) is 8.26. The van der Waals surface area contributed by atoms with Gasteiger partial charge in [-0.2, -0.15) is 0 Å². The average Bonchev–Trinajstić information content (AvgIpc) is 2.98. The Morgan fingerprint density at radius 2 is 1.62 bits per heavy atom. The summed E-state index contributed by atoms with van der Waals surface area (Å²) in [6.45, 7) is 5.84. The second-order valence-corrected chi connectivity index (χ2v) is 7.47. The van der Waals surface area contributed by atoms with Crippen molar-refractivity contribution >= 4 is 23.4 Å². The van der Waals surface area contributed by atoms with E-state index in [1.165, 1.54) is 16.4 Å². The number of rotatable bonds is 5. The number of hydrogen-bond donors (Lipinski definition) is 2. The molecule has 0 unspecified atom stereocenters. The Morgan fingerprint density at radius 3 is 2.23 bits per heavy atom. The minimum absolute atomic E-state index is 0.112. The number of thioether (sulfide) groups is 1. The topological polar surface area (TPSA) is 85.8 Å². The molecule has 1 heterocycles. The van der Waals surface area contributed by atoms with Crippen LogP contribution < -0.4 is 11.2 Å². The summed E-state index contributed by atoms with van der Waals surface area (Å²) in [5, 5.41) is 11.3. The summed E-state index contributed by atoms with van der Waals surface area (Å²) >= 11 is 1.27. The Hall–Kier alpha value is -2.80. The minimum Gasteiger partial charge on any atom is -0.335 e. The lowest BCUT2D eigenvalue weighted by Crippen LogP contribution is -2.23. The zero-order valence-corrected chi connectivity index (χ0v) is 15.7. The van der Waals surface area contributed by atoms with Crippen LogP contribution in [0, 0.1) is 13.8 Å². The van der Waals surface area contributed by atoms with Crippen LogP contribution in [0.4, 0.5) is 5.69 Å². The van der Waals surface area contributed by atoms with Gasteiger partial charge in [0.25, 0.3) is 0 Å². The van der Waals surface area contributed by atoms with Crippen molar-refractivity contribution in [2.24, 2.45) is 0 Å². The lowest BCUT2D eigenvalue weighted by Gasteiger charge is -2.11. The van der Waals surface area contributed by atoms with Crippen molar-refractivity contribution in [2.45, 2.75) is 31.2 Å². The van der Waals surface area contributed by atoms with Crippen LogP contribution in [0.2, 0.25) is 0 Å². The van der Waals surface area contributed by atoms with E-state index < -0.39 is 0 Å². The smallest absolute Gasteiger partial charge is 0.237 e. The molecule has 0 aliphatic heterocycles. The molecule has 1 amide bonds. The Bertz CT molecular complexity index is 903. The van der Waals surface area contributed by atoms with Crippen molar-refractivity contribution in [1.82, 2.24) is 14.9 Å². The molecule has 0 fully saturated rings. The molecule has 0 saturated carbocycles. The zero-order valence-electron chi connectivity index (χ0n) is 14.9. The standard InChI is InChI=1S/C19H21N5OS/c1-12-4-8-15(9-5-12)17-22-23-19(24(17)20)26-14(3)18(25)21-16-10-6-13(2)7-11-16/h4-11,14H,20H2,1-3H3,(H,21,25)/t14-/m1/s1. The maximum atomic E-state index is 12.4. The maximum Gasteiger partial charge on any atom is 0.237 e. The van der Waals surface area contributed by atoms with E-state index in [1.54, 1.807) is 0 Å². The van der Waals surface area contributed by atoms with E-state index in [9.17, 15) is 4.79 Å². The highest BCUT2D eigenvalue weighted by molar-refractivity contribution is 8.00. The molecule has 1 atom stereocenters. The molecule has 0 saturated heterocycles. The summed E-state index contributed by atoms with van der Waals surface area (Å²) in [4.78, 5) is 12.4. The summed E-state index contributed by atoms with van der Waals surface area (Å²) in [5.74, 6) is 6.59. The lowest BCUT2D eigenvalue weighted by atomic mass is 10.1. The van der Waals surface area contributed by atoms with E-state index in [4.69, 9.17) is 5.84 Å². The van der Waals surface area contributed by atoms with Crippen molar-refractivity contribution in [2.75, 3.05) is 11.2 Å². The molecular weight excluding hydrogens is 346 g/mol. The van der Waals surface area contributed by atoms with Gasteiger partial charge in [-0.1, -0.05) is 59.3 Å². The molecular formula is C19H21N5OS. The van der Waals surface area contributed by atoms with Crippen LogP contribution in [-0.4, -0.2) is 26.0 Å². The van der Waals surface area contributed by atoms with Gasteiger partial charge in [0, 0.05) is 11.3 Å². The number of benzene rings is 2. The Morgan fingerprint density at radius 1 is 1.04 bits per heavy atom. The van der Waals surface area contributed by atoms with E-state index in [2.05, 4.69) is 15.5 Å². The van der Waals surface area contributed by atoms with Crippen LogP contribution in [-0.2, 0) is 4.79 Å². The van der Waals surface area contributed by atoms with Gasteiger partial charge in [0.2, 0.25) is 11.1 Å². The number of amides is 1. The molecule has 3 aromatic rings. The molecule has 3 N–H and O–H groups in total. The largest absolute Gasteiger partial charge is 0.335 e. The molecule has 0 spiro atoms. The number of aromatic nitrogens is 3. The quantitative estimate of drug-likeness (QED) is 0.533. The number of carbonyl (C=O) groups is 1. The van der Waals surface area contributed by atoms with Crippen molar-refractivity contribution in [3.8, 4) is 11.4 Å². The summed E-state index contributed by atoms with van der Waals surface area (Å²) in [7, 11) is 0. The SMILES string of the molecule is Cc1ccc(NC(=O)[C@@H](C)Sc2nnc(-c3ccc(C)cc3)n2N)cc1. The first kappa shape index (κ1) is 18.0. The number of aryl methyl sites for hydroxylation is 2. The van der Waals surface area contributed by atoms with E-state index >= 15 is 0 Å². The third-order valence-corrected chi connectivity index (χ3v) is 5.00. The zero-order chi connectivity index (χ0) is 18.7. The second kappa shape index (κ2) is 7.61. The molecule has 0 aliphatic carbocycles. The fraction of sp³-hybridized carbons (Fsp3) is 0.211. The Balaban J connectivity index is 1.69. The lowest BCUT2D eigenvalue weighted by molar-refractivity contribution is -0.115. The van der Waals surface area contributed by atoms with Crippen LogP contribution in [0.15, 0.2) is 53.7 Å². The van der Waals surface area contributed by atoms with Gasteiger partial charge < -0.3 is 11.2 Å². The molecule has 7 heteroatoms. The van der Waals surface area contributed by atoms with E-state index in [0.717, 1.165) is 22.4 Å². The van der Waals surface area contributed by atoms with Crippen LogP contribution in [0.5, 0.6) is 0 Å². The number of anilines is 1. The number of carbonyl (C=O) groups excluding carboxylic acids is 1. The molecule has 0 radical (unpaired) electrons. The van der Waals surface area contributed by atoms with Crippen LogP contribution >= 0.6 is 11.8 Å². The maximum absolute atomic E-state index is 12.4. The van der Waals surface area contributed by atoms with Gasteiger partial charge in [-0.05, 0) is 32.9 Å². The van der Waals surface area contributed by atoms with Gasteiger partial charge >= 0.3 is 0 Å². The van der Waals surface area contributed by atoms with Gasteiger partial charge in [0.05, 0.1) is 5.25 Å². The Kier molecular flexibility index (Phi) is 5.27. The molecule has 0 aliphatic rings. The predicted molar refractivity (Wildman–Crippen MR) is 105 cm³/mol. The van der Waals surface area contributed by atoms with Gasteiger partial charge in [-0.25, -0.2) is 4.68 Å². The normalized spacial score (nSPS) is 12.0. The third kappa shape index (κ3) is 4.05. The van der Waals surface area contributed by atoms with Gasteiger partial charge in [-0.15, -0.1) is 10.2 Å². The fourth-order valence-electron chi connectivity index (χ4n) is 2.35. The number of nitrogen functional groups attached to an aromatic ring is 1. The van der Waals surface area contributed by atoms with Crippen LogP contribution in [0.3, 0.4) is 0 Å². The van der Waals surface area contributed by atoms with E-state index in [-0.39, 0.29) is 11.2 Å². The fourth-order valence-corrected chi connectivity index (χ4v) is 3.12. The van der Waals surface area contributed by atoms with Crippen molar-refractivity contribution in [3.63, 3.8) is 0 Å². The number of nitrogens with one attached hydrogen (secondary N) is 1. The monoisotopic (exact) mass is 367 g/mol. The van der Waals surface area contributed by atoms with Crippen molar-refractivity contribution in [3.05, 3.63) is 59.7 Å². The third-order valence-electron chi connectivity index (χ3n) is 3.94. The molecule has 26 heavy (non-hydrogen) atoms. The summed E-state index contributed by atoms with van der Waals surface area (Å²) in [6, 6.07) is 15.6. The van der Waals surface area contributed by atoms with Crippen LogP contribution in [0.25, 0.3) is 11.4 Å². The summed E-state index contributed by atoms with van der Waals surface area (Å²) in [6.07, 6.45) is 0. The summed E-state index contributed by atoms with van der Waals surface area (Å²) in [5.41, 5.74) is 3.95. The molecule has 1 aromatic heterocycles. The first-order chi connectivity index (χ1) is 12.4. The molecule has 2 aromatic carbocycles. The highest BCUT2D eigenvalue weighted by atomic mass is 32.2. The highest BCUT2D eigenvalue weighted by Crippen LogP contribution is 2.25. The second-order valence-electron chi connectivity index (χ2n) is 6.16. The van der Waals surface area contributed by atoms with E-state index in [0.29, 0.717) is 11.0 Å². The van der Waals surface area contributed by atoms with E-state index in [1.807, 2.05) is 69.3 Å². The van der Waals surface area contributed by atoms with Crippen molar-refractivity contribution < 1.29 is 4.79 Å². The summed E-state index contributed by atoms with van der Waals surface area (Å²) < 4.78 is 1.42. The Labute approximate surface area is 156 Å². The highest BCUT2D eigenvalue weighted by Gasteiger charge is 2.20. The predicted octanol–water partition coefficient (Wildman–Crippen LogP) is 3.40. The van der Waals surface area contributed by atoms with Gasteiger partial charge in [-0.3, -0.25) is 4.79 Å². The number of nitrogens with two attached hydrogens (primary N) is 1. The minimum atomic E-state index is -0.367. The average molecular weight is 367 g/mol. The van der Waals surface area contributed by atoms with Crippen LogP contribution in [0.1, 0.15) is 18.1 Å². The first-order valence-corrected chi connectivity index (χ1v) is 9.13.